The van der Waals surface area contributed by atoms with E-state index in [1.54, 1.807) is 28.9 Å². The first kappa shape index (κ1) is 24.1. The zero-order valence-electron chi connectivity index (χ0n) is 18.7. The largest absolute Gasteiger partial charge is 0.464 e. The van der Waals surface area contributed by atoms with E-state index in [9.17, 15) is 14.4 Å². The number of aromatic nitrogens is 3. The Balaban J connectivity index is 2.08. The third kappa shape index (κ3) is 5.46. The summed E-state index contributed by atoms with van der Waals surface area (Å²) >= 11 is 6.34. The summed E-state index contributed by atoms with van der Waals surface area (Å²) in [6.07, 6.45) is 1.25. The first-order chi connectivity index (χ1) is 15.8. The number of piperazine rings is 1. The standard InChI is InChI=1S/C22H25ClN6O4/c1-5-20(31)28-7-8-29(13(3)30)18(12-28)14-9-15(25-19(23)10-14)16-11-17(21(32)24-4)27-22(26-16)33-6-2/h5,9-11,18H,1,6-8,12H2,2-4H3,(H,24,32)/t18-/m1/s1. The van der Waals surface area contributed by atoms with Gasteiger partial charge in [0.2, 0.25) is 11.8 Å². The number of rotatable bonds is 6. The van der Waals surface area contributed by atoms with E-state index in [4.69, 9.17) is 16.3 Å². The Morgan fingerprint density at radius 2 is 1.94 bits per heavy atom. The average molecular weight is 473 g/mol. The molecule has 33 heavy (non-hydrogen) atoms. The number of ether oxygens (including phenoxy) is 1. The molecule has 10 nitrogen and oxygen atoms in total. The summed E-state index contributed by atoms with van der Waals surface area (Å²) in [7, 11) is 1.50. The van der Waals surface area contributed by atoms with E-state index in [1.807, 2.05) is 0 Å². The van der Waals surface area contributed by atoms with Crippen molar-refractivity contribution in [1.82, 2.24) is 30.1 Å². The Hall–Kier alpha value is -3.53. The number of carbonyl (C=O) groups excluding carboxylic acids is 3. The molecule has 0 aliphatic carbocycles. The van der Waals surface area contributed by atoms with Crippen molar-refractivity contribution in [1.29, 1.82) is 0 Å². The lowest BCUT2D eigenvalue weighted by Gasteiger charge is -2.41. The van der Waals surface area contributed by atoms with Gasteiger partial charge in [-0.2, -0.15) is 9.97 Å². The molecule has 3 amide bonds. The first-order valence-electron chi connectivity index (χ1n) is 10.4. The second-order valence-electron chi connectivity index (χ2n) is 7.26. The van der Waals surface area contributed by atoms with Gasteiger partial charge in [0.05, 0.1) is 24.0 Å². The molecule has 1 atom stereocenters. The molecule has 2 aromatic heterocycles. The molecule has 0 unspecified atom stereocenters. The molecular weight excluding hydrogens is 448 g/mol. The maximum Gasteiger partial charge on any atom is 0.317 e. The Bertz CT molecular complexity index is 1090. The van der Waals surface area contributed by atoms with Crippen LogP contribution in [0.15, 0.2) is 30.9 Å². The molecule has 3 rings (SSSR count). The van der Waals surface area contributed by atoms with Crippen molar-refractivity contribution in [2.75, 3.05) is 33.3 Å². The number of amides is 3. The number of hydrogen-bond acceptors (Lipinski definition) is 7. The highest BCUT2D eigenvalue weighted by atomic mass is 35.5. The molecule has 0 spiro atoms. The second-order valence-corrected chi connectivity index (χ2v) is 7.65. The van der Waals surface area contributed by atoms with E-state index in [2.05, 4.69) is 26.8 Å². The van der Waals surface area contributed by atoms with Crippen molar-refractivity contribution in [2.45, 2.75) is 19.9 Å². The van der Waals surface area contributed by atoms with Crippen molar-refractivity contribution in [3.63, 3.8) is 0 Å². The van der Waals surface area contributed by atoms with Crippen LogP contribution in [0.25, 0.3) is 11.4 Å². The fourth-order valence-corrected chi connectivity index (χ4v) is 3.83. The predicted octanol–water partition coefficient (Wildman–Crippen LogP) is 1.87. The van der Waals surface area contributed by atoms with Crippen LogP contribution in [0.4, 0.5) is 0 Å². The molecule has 1 fully saturated rings. The molecule has 1 aliphatic heterocycles. The van der Waals surface area contributed by atoms with E-state index in [1.165, 1.54) is 26.1 Å². The van der Waals surface area contributed by atoms with Crippen LogP contribution in [0.5, 0.6) is 6.01 Å². The van der Waals surface area contributed by atoms with Crippen LogP contribution in [0, 0.1) is 0 Å². The molecule has 11 heteroatoms. The van der Waals surface area contributed by atoms with Crippen molar-refractivity contribution in [3.05, 3.63) is 47.3 Å². The molecule has 2 aromatic rings. The van der Waals surface area contributed by atoms with Crippen molar-refractivity contribution in [2.24, 2.45) is 0 Å². The normalized spacial score (nSPS) is 15.7. The Morgan fingerprint density at radius 1 is 1.21 bits per heavy atom. The summed E-state index contributed by atoms with van der Waals surface area (Å²) in [5.41, 5.74) is 1.50. The van der Waals surface area contributed by atoms with Gasteiger partial charge in [0.1, 0.15) is 10.8 Å². The molecule has 1 aliphatic rings. The molecule has 174 valence electrons. The van der Waals surface area contributed by atoms with Gasteiger partial charge in [0, 0.05) is 33.6 Å². The number of hydrogen-bond donors (Lipinski definition) is 1. The summed E-state index contributed by atoms with van der Waals surface area (Å²) in [6.45, 7) is 8.18. The summed E-state index contributed by atoms with van der Waals surface area (Å²) in [5, 5.41) is 2.70. The minimum Gasteiger partial charge on any atom is -0.464 e. The fraction of sp³-hybridized carbons (Fsp3) is 0.364. The lowest BCUT2D eigenvalue weighted by molar-refractivity contribution is -0.139. The van der Waals surface area contributed by atoms with Crippen molar-refractivity contribution < 1.29 is 19.1 Å². The van der Waals surface area contributed by atoms with Crippen LogP contribution < -0.4 is 10.1 Å². The zero-order valence-corrected chi connectivity index (χ0v) is 19.4. The minimum atomic E-state index is -0.439. The Kier molecular flexibility index (Phi) is 7.59. The van der Waals surface area contributed by atoms with E-state index >= 15 is 0 Å². The van der Waals surface area contributed by atoms with Crippen LogP contribution in [-0.4, -0.2) is 75.8 Å². The maximum absolute atomic E-state index is 12.3. The van der Waals surface area contributed by atoms with Gasteiger partial charge in [-0.3, -0.25) is 14.4 Å². The van der Waals surface area contributed by atoms with Gasteiger partial charge in [-0.15, -0.1) is 0 Å². The summed E-state index contributed by atoms with van der Waals surface area (Å²) in [6, 6.07) is 4.47. The van der Waals surface area contributed by atoms with Crippen LogP contribution in [0.2, 0.25) is 5.15 Å². The molecule has 1 saturated heterocycles. The second kappa shape index (κ2) is 10.4. The van der Waals surface area contributed by atoms with E-state index in [-0.39, 0.29) is 35.2 Å². The molecule has 0 saturated carbocycles. The third-order valence-corrected chi connectivity index (χ3v) is 5.37. The van der Waals surface area contributed by atoms with Gasteiger partial charge in [-0.1, -0.05) is 18.2 Å². The molecule has 0 bridgehead atoms. The highest BCUT2D eigenvalue weighted by Crippen LogP contribution is 2.30. The minimum absolute atomic E-state index is 0.0303. The van der Waals surface area contributed by atoms with Gasteiger partial charge < -0.3 is 19.9 Å². The van der Waals surface area contributed by atoms with Gasteiger partial charge in [-0.25, -0.2) is 4.98 Å². The monoisotopic (exact) mass is 472 g/mol. The number of nitrogens with one attached hydrogen (secondary N) is 1. The summed E-state index contributed by atoms with van der Waals surface area (Å²) < 4.78 is 5.41. The molecule has 3 heterocycles. The quantitative estimate of drug-likeness (QED) is 0.503. The fourth-order valence-electron chi connectivity index (χ4n) is 3.61. The topological polar surface area (TPSA) is 118 Å². The SMILES string of the molecule is C=CC(=O)N1CCN(C(C)=O)[C@@H](c2cc(Cl)nc(-c3cc(C(=O)NC)nc(OCC)n3)c2)C1. The molecule has 0 aromatic carbocycles. The van der Waals surface area contributed by atoms with Crippen molar-refractivity contribution in [3.8, 4) is 17.4 Å². The van der Waals surface area contributed by atoms with Gasteiger partial charge in [-0.05, 0) is 36.8 Å². The lowest BCUT2D eigenvalue weighted by atomic mass is 10.0. The zero-order chi connectivity index (χ0) is 24.1. The number of carbonyl (C=O) groups is 3. The van der Waals surface area contributed by atoms with Crippen molar-refractivity contribution >= 4 is 29.3 Å². The highest BCUT2D eigenvalue weighted by molar-refractivity contribution is 6.29. The average Bonchev–Trinajstić information content (AvgIpc) is 2.82. The number of halogens is 1. The Morgan fingerprint density at radius 3 is 2.58 bits per heavy atom. The van der Waals surface area contributed by atoms with E-state index < -0.39 is 11.9 Å². The van der Waals surface area contributed by atoms with Gasteiger partial charge in [0.25, 0.3) is 5.91 Å². The molecular formula is C22H25ClN6O4. The smallest absolute Gasteiger partial charge is 0.317 e. The predicted molar refractivity (Wildman–Crippen MR) is 122 cm³/mol. The number of pyridine rings is 1. The van der Waals surface area contributed by atoms with E-state index in [0.717, 1.165) is 0 Å². The van der Waals surface area contributed by atoms with Crippen LogP contribution in [-0.2, 0) is 9.59 Å². The lowest BCUT2D eigenvalue weighted by Crippen LogP contribution is -2.51. The number of nitrogens with zero attached hydrogens (tertiary/aromatic N) is 5. The Labute approximate surface area is 196 Å². The van der Waals surface area contributed by atoms with Gasteiger partial charge >= 0.3 is 6.01 Å². The third-order valence-electron chi connectivity index (χ3n) is 5.17. The molecule has 1 N–H and O–H groups in total. The maximum atomic E-state index is 12.3. The van der Waals surface area contributed by atoms with Crippen LogP contribution >= 0.6 is 11.6 Å². The summed E-state index contributed by atoms with van der Waals surface area (Å²) in [4.78, 5) is 52.8. The first-order valence-corrected chi connectivity index (χ1v) is 10.8. The van der Waals surface area contributed by atoms with Gasteiger partial charge in [0.15, 0.2) is 0 Å². The molecule has 0 radical (unpaired) electrons. The summed E-state index contributed by atoms with van der Waals surface area (Å²) in [5.74, 6) is -0.741. The van der Waals surface area contributed by atoms with E-state index in [0.29, 0.717) is 36.6 Å². The van der Waals surface area contributed by atoms with Crippen LogP contribution in [0.3, 0.4) is 0 Å². The highest BCUT2D eigenvalue weighted by Gasteiger charge is 2.32. The van der Waals surface area contributed by atoms with Crippen LogP contribution in [0.1, 0.15) is 35.9 Å².